The Kier molecular flexibility index (Phi) is 8.47. The maximum Gasteiger partial charge on any atom is 0.246 e. The van der Waals surface area contributed by atoms with E-state index in [4.69, 9.17) is 4.52 Å². The number of aromatic nitrogens is 3. The molecular formula is C19H30IN7O2. The second-order valence-electron chi connectivity index (χ2n) is 6.97. The van der Waals surface area contributed by atoms with Gasteiger partial charge in [0.1, 0.15) is 6.54 Å². The van der Waals surface area contributed by atoms with Gasteiger partial charge in [-0.25, -0.2) is 0 Å². The molecule has 1 saturated heterocycles. The number of aliphatic imine (C=N–C) groups is 1. The molecule has 1 amide bonds. The minimum atomic E-state index is 0. The van der Waals surface area contributed by atoms with Crippen molar-refractivity contribution in [3.8, 4) is 0 Å². The largest absolute Gasteiger partial charge is 0.359 e. The molecule has 1 aliphatic heterocycles. The molecular weight excluding hydrogens is 485 g/mol. The van der Waals surface area contributed by atoms with Gasteiger partial charge in [0.2, 0.25) is 5.91 Å². The summed E-state index contributed by atoms with van der Waals surface area (Å²) < 4.78 is 7.16. The van der Waals surface area contributed by atoms with E-state index in [1.54, 1.807) is 22.8 Å². The van der Waals surface area contributed by atoms with Crippen LogP contribution in [0, 0.1) is 0 Å². The lowest BCUT2D eigenvalue weighted by Crippen LogP contribution is -2.55. The topological polar surface area (TPSA) is 91.8 Å². The molecule has 1 fully saturated rings. The van der Waals surface area contributed by atoms with E-state index in [9.17, 15) is 4.79 Å². The minimum Gasteiger partial charge on any atom is -0.359 e. The van der Waals surface area contributed by atoms with Gasteiger partial charge >= 0.3 is 0 Å². The number of nitrogens with one attached hydrogen (secondary N) is 1. The summed E-state index contributed by atoms with van der Waals surface area (Å²) in [6.07, 6.45) is 5.64. The van der Waals surface area contributed by atoms with Crippen molar-refractivity contribution in [1.82, 2.24) is 25.2 Å². The molecule has 2 aromatic rings. The molecule has 10 heteroatoms. The van der Waals surface area contributed by atoms with Crippen LogP contribution in [0.5, 0.6) is 0 Å². The molecule has 1 N–H and O–H groups in total. The van der Waals surface area contributed by atoms with Gasteiger partial charge in [-0.3, -0.25) is 14.5 Å². The van der Waals surface area contributed by atoms with Crippen molar-refractivity contribution in [3.05, 3.63) is 29.9 Å². The molecule has 0 saturated carbocycles. The van der Waals surface area contributed by atoms with E-state index in [1.165, 1.54) is 0 Å². The smallest absolute Gasteiger partial charge is 0.246 e. The fourth-order valence-corrected chi connectivity index (χ4v) is 3.48. The summed E-state index contributed by atoms with van der Waals surface area (Å²) in [7, 11) is 3.56. The normalized spacial score (nSPS) is 15.1. The number of piperazine rings is 1. The van der Waals surface area contributed by atoms with Crippen LogP contribution in [0.25, 0.3) is 0 Å². The molecule has 0 spiro atoms. The van der Waals surface area contributed by atoms with Crippen LogP contribution in [0.15, 0.2) is 28.0 Å². The van der Waals surface area contributed by atoms with Gasteiger partial charge in [0.15, 0.2) is 11.7 Å². The predicted molar refractivity (Wildman–Crippen MR) is 123 cm³/mol. The van der Waals surface area contributed by atoms with Crippen LogP contribution in [-0.4, -0.2) is 58.4 Å². The molecule has 0 atom stereocenters. The SMILES string of the molecule is CCC(CC)c1cc(CNC(=NC)N2CCN(c3cnn(C)c3)C(=O)C2)on1.I. The van der Waals surface area contributed by atoms with E-state index in [0.717, 1.165) is 30.0 Å². The minimum absolute atomic E-state index is 0. The van der Waals surface area contributed by atoms with Gasteiger partial charge in [0.25, 0.3) is 0 Å². The van der Waals surface area contributed by atoms with Crippen LogP contribution in [0.3, 0.4) is 0 Å². The first-order valence-electron chi connectivity index (χ1n) is 9.75. The second kappa shape index (κ2) is 10.6. The highest BCUT2D eigenvalue weighted by Gasteiger charge is 2.27. The first-order chi connectivity index (χ1) is 13.5. The number of anilines is 1. The Labute approximate surface area is 188 Å². The van der Waals surface area contributed by atoms with Crippen molar-refractivity contribution in [2.75, 3.05) is 31.6 Å². The first-order valence-corrected chi connectivity index (χ1v) is 9.75. The third-order valence-electron chi connectivity index (χ3n) is 5.14. The number of halogens is 1. The van der Waals surface area contributed by atoms with Gasteiger partial charge in [-0.1, -0.05) is 19.0 Å². The molecule has 0 aliphatic carbocycles. The Morgan fingerprint density at radius 2 is 2.10 bits per heavy atom. The fraction of sp³-hybridized carbons (Fsp3) is 0.579. The number of hydrogen-bond acceptors (Lipinski definition) is 5. The molecule has 0 radical (unpaired) electrons. The van der Waals surface area contributed by atoms with E-state index in [2.05, 4.69) is 34.4 Å². The monoisotopic (exact) mass is 515 g/mol. The van der Waals surface area contributed by atoms with Crippen LogP contribution in [-0.2, 0) is 18.4 Å². The molecule has 0 bridgehead atoms. The maximum atomic E-state index is 12.6. The van der Waals surface area contributed by atoms with Crippen molar-refractivity contribution < 1.29 is 9.32 Å². The molecule has 29 heavy (non-hydrogen) atoms. The Hall–Kier alpha value is -2.11. The van der Waals surface area contributed by atoms with Gasteiger partial charge in [-0.15, -0.1) is 24.0 Å². The molecule has 3 rings (SSSR count). The summed E-state index contributed by atoms with van der Waals surface area (Å²) in [4.78, 5) is 20.6. The van der Waals surface area contributed by atoms with Crippen LogP contribution in [0.2, 0.25) is 0 Å². The highest BCUT2D eigenvalue weighted by Crippen LogP contribution is 2.22. The number of nitrogens with zero attached hydrogens (tertiary/aromatic N) is 6. The zero-order valence-electron chi connectivity index (χ0n) is 17.5. The average Bonchev–Trinajstić information content (AvgIpc) is 3.33. The lowest BCUT2D eigenvalue weighted by atomic mass is 9.99. The van der Waals surface area contributed by atoms with E-state index in [1.807, 2.05) is 24.2 Å². The molecule has 2 aromatic heterocycles. The number of hydrogen-bond donors (Lipinski definition) is 1. The summed E-state index contributed by atoms with van der Waals surface area (Å²) >= 11 is 0. The van der Waals surface area contributed by atoms with Gasteiger partial charge in [-0.2, -0.15) is 5.10 Å². The Morgan fingerprint density at radius 1 is 1.34 bits per heavy atom. The van der Waals surface area contributed by atoms with E-state index in [0.29, 0.717) is 31.5 Å². The van der Waals surface area contributed by atoms with Crippen molar-refractivity contribution >= 4 is 41.5 Å². The third-order valence-corrected chi connectivity index (χ3v) is 5.14. The highest BCUT2D eigenvalue weighted by molar-refractivity contribution is 14.0. The van der Waals surface area contributed by atoms with Gasteiger partial charge in [-0.05, 0) is 12.8 Å². The van der Waals surface area contributed by atoms with Crippen molar-refractivity contribution in [3.63, 3.8) is 0 Å². The summed E-state index contributed by atoms with van der Waals surface area (Å²) in [5.74, 6) is 1.90. The summed E-state index contributed by atoms with van der Waals surface area (Å²) in [6.45, 7) is 6.35. The highest BCUT2D eigenvalue weighted by atomic mass is 127. The van der Waals surface area contributed by atoms with Gasteiger partial charge in [0.05, 0.1) is 24.1 Å². The fourth-order valence-electron chi connectivity index (χ4n) is 3.48. The van der Waals surface area contributed by atoms with Crippen LogP contribution < -0.4 is 10.2 Å². The van der Waals surface area contributed by atoms with Crippen LogP contribution in [0.4, 0.5) is 5.69 Å². The second-order valence-corrected chi connectivity index (χ2v) is 6.97. The Bertz CT molecular complexity index is 828. The van der Waals surface area contributed by atoms with Crippen molar-refractivity contribution in [2.45, 2.75) is 39.2 Å². The van der Waals surface area contributed by atoms with Gasteiger partial charge in [0, 0.05) is 45.4 Å². The summed E-state index contributed by atoms with van der Waals surface area (Å²) in [6, 6.07) is 2.00. The first kappa shape index (κ1) is 23.2. The Morgan fingerprint density at radius 3 is 2.69 bits per heavy atom. The number of carbonyl (C=O) groups excluding carboxylic acids is 1. The Balaban J connectivity index is 0.00000300. The predicted octanol–water partition coefficient (Wildman–Crippen LogP) is 2.35. The third kappa shape index (κ3) is 5.49. The summed E-state index contributed by atoms with van der Waals surface area (Å²) in [5, 5.41) is 11.6. The number of amides is 1. The van der Waals surface area contributed by atoms with Gasteiger partial charge < -0.3 is 19.6 Å². The zero-order chi connectivity index (χ0) is 20.1. The van der Waals surface area contributed by atoms with E-state index in [-0.39, 0.29) is 36.4 Å². The average molecular weight is 515 g/mol. The maximum absolute atomic E-state index is 12.6. The summed E-state index contributed by atoms with van der Waals surface area (Å²) in [5.41, 5.74) is 1.82. The van der Waals surface area contributed by atoms with Crippen molar-refractivity contribution in [1.29, 1.82) is 0 Å². The van der Waals surface area contributed by atoms with Crippen molar-refractivity contribution in [2.24, 2.45) is 12.0 Å². The molecule has 160 valence electrons. The number of guanidine groups is 1. The van der Waals surface area contributed by atoms with Crippen LogP contribution >= 0.6 is 24.0 Å². The quantitative estimate of drug-likeness (QED) is 0.361. The number of carbonyl (C=O) groups is 1. The standard InChI is InChI=1S/C19H29N7O2.HI/c1-5-14(6-2)17-9-16(28-23-17)11-21-19(20-3)25-7-8-26(18(27)13-25)15-10-22-24(4)12-15;/h9-10,12,14H,5-8,11,13H2,1-4H3,(H,20,21);1H. The lowest BCUT2D eigenvalue weighted by molar-refractivity contribution is -0.120. The van der Waals surface area contributed by atoms with E-state index >= 15 is 0 Å². The number of aryl methyl sites for hydroxylation is 1. The lowest BCUT2D eigenvalue weighted by Gasteiger charge is -2.35. The molecule has 3 heterocycles. The molecule has 0 unspecified atom stereocenters. The number of rotatable bonds is 6. The molecule has 0 aromatic carbocycles. The molecule has 9 nitrogen and oxygen atoms in total. The molecule has 1 aliphatic rings. The van der Waals surface area contributed by atoms with Crippen LogP contribution in [0.1, 0.15) is 44.1 Å². The van der Waals surface area contributed by atoms with E-state index < -0.39 is 0 Å². The zero-order valence-corrected chi connectivity index (χ0v) is 19.8.